The summed E-state index contributed by atoms with van der Waals surface area (Å²) in [5.41, 5.74) is 1.29. The molecule has 2 aliphatic rings. The monoisotopic (exact) mass is 397 g/mol. The maximum absolute atomic E-state index is 11.7. The van der Waals surface area contributed by atoms with Gasteiger partial charge >= 0.3 is 0 Å². The number of allylic oxidation sites excluding steroid dienone is 2. The van der Waals surface area contributed by atoms with Crippen LogP contribution in [0.4, 0.5) is 0 Å². The van der Waals surface area contributed by atoms with E-state index in [4.69, 9.17) is 0 Å². The molecule has 0 aliphatic heterocycles. The molecule has 2 N–H and O–H groups in total. The molecule has 1 saturated carbocycles. The van der Waals surface area contributed by atoms with Crippen LogP contribution in [0, 0.1) is 17.8 Å². The number of amides is 1. The van der Waals surface area contributed by atoms with Crippen molar-refractivity contribution >= 4 is 5.91 Å². The Bertz CT molecular complexity index is 751. The minimum atomic E-state index is -1.03. The zero-order valence-corrected chi connectivity index (χ0v) is 17.9. The molecule has 5 atom stereocenters. The van der Waals surface area contributed by atoms with Crippen LogP contribution in [-0.2, 0) is 10.4 Å². The quantitative estimate of drug-likeness (QED) is 0.514. The molecule has 0 heterocycles. The summed E-state index contributed by atoms with van der Waals surface area (Å²) in [4.78, 5) is 13.3. The SMILES string of the molecule is CN(C)C(=O)CCCCC1=C[C@H]2C[C@@H](O)[C@H](/C=C/[C@](C)(O)c3ccccc3)[C@H]2C1. The first kappa shape index (κ1) is 21.8. The highest BCUT2D eigenvalue weighted by molar-refractivity contribution is 5.75. The highest BCUT2D eigenvalue weighted by Gasteiger charge is 2.43. The van der Waals surface area contributed by atoms with Crippen LogP contribution in [0.3, 0.4) is 0 Å². The van der Waals surface area contributed by atoms with E-state index in [9.17, 15) is 15.0 Å². The summed E-state index contributed by atoms with van der Waals surface area (Å²) in [7, 11) is 3.61. The van der Waals surface area contributed by atoms with Gasteiger partial charge in [-0.15, -0.1) is 0 Å². The van der Waals surface area contributed by atoms with Crippen molar-refractivity contribution in [3.05, 3.63) is 59.7 Å². The van der Waals surface area contributed by atoms with Gasteiger partial charge in [-0.1, -0.05) is 54.1 Å². The molecular weight excluding hydrogens is 362 g/mol. The Morgan fingerprint density at radius 3 is 2.66 bits per heavy atom. The second kappa shape index (κ2) is 9.27. The molecule has 0 bridgehead atoms. The highest BCUT2D eigenvalue weighted by Crippen LogP contribution is 2.48. The Morgan fingerprint density at radius 2 is 1.97 bits per heavy atom. The number of carbonyl (C=O) groups excluding carboxylic acids is 1. The van der Waals surface area contributed by atoms with Gasteiger partial charge in [0.05, 0.1) is 6.10 Å². The third kappa shape index (κ3) is 5.37. The van der Waals surface area contributed by atoms with Crippen LogP contribution in [0.25, 0.3) is 0 Å². The first-order valence-corrected chi connectivity index (χ1v) is 10.8. The van der Waals surface area contributed by atoms with Crippen LogP contribution in [-0.4, -0.2) is 41.2 Å². The molecule has 0 radical (unpaired) electrons. The first-order chi connectivity index (χ1) is 13.8. The highest BCUT2D eigenvalue weighted by atomic mass is 16.3. The predicted octanol–water partition coefficient (Wildman–Crippen LogP) is 4.04. The smallest absolute Gasteiger partial charge is 0.222 e. The minimum absolute atomic E-state index is 0.0826. The number of fused-ring (bicyclic) bond motifs is 1. The molecule has 1 aromatic carbocycles. The zero-order chi connectivity index (χ0) is 21.0. The maximum Gasteiger partial charge on any atom is 0.222 e. The van der Waals surface area contributed by atoms with Crippen molar-refractivity contribution in [2.75, 3.05) is 14.1 Å². The van der Waals surface area contributed by atoms with Crippen LogP contribution in [0.1, 0.15) is 51.0 Å². The Hall–Kier alpha value is -1.91. The molecule has 29 heavy (non-hydrogen) atoms. The van der Waals surface area contributed by atoms with E-state index in [-0.39, 0.29) is 17.9 Å². The lowest BCUT2D eigenvalue weighted by Gasteiger charge is -2.23. The third-order valence-electron chi connectivity index (χ3n) is 6.59. The largest absolute Gasteiger partial charge is 0.392 e. The summed E-state index contributed by atoms with van der Waals surface area (Å²) in [6, 6.07) is 9.65. The zero-order valence-electron chi connectivity index (χ0n) is 17.9. The standard InChI is InChI=1S/C25H35NO3/c1-25(29,20-10-5-4-6-11-20)14-13-21-22-16-18(15-19(22)17-23(21)27)9-7-8-12-24(28)26(2)3/h4-6,10-11,13-15,19,21-23,27,29H,7-9,12,16-17H2,1-3H3/b14-13+/t19-,21+,22-,23+,25-/m0/s1. The van der Waals surface area contributed by atoms with E-state index in [1.54, 1.807) is 25.9 Å². The molecule has 158 valence electrons. The summed E-state index contributed by atoms with van der Waals surface area (Å²) in [6.07, 6.45) is 11.4. The van der Waals surface area contributed by atoms with Gasteiger partial charge in [0.2, 0.25) is 5.91 Å². The number of unbranched alkanes of at least 4 members (excludes halogenated alkanes) is 1. The van der Waals surface area contributed by atoms with Gasteiger partial charge < -0.3 is 15.1 Å². The Labute approximate surface area is 174 Å². The lowest BCUT2D eigenvalue weighted by molar-refractivity contribution is -0.128. The van der Waals surface area contributed by atoms with E-state index < -0.39 is 5.60 Å². The number of hydrogen-bond acceptors (Lipinski definition) is 3. The van der Waals surface area contributed by atoms with Gasteiger partial charge in [0.15, 0.2) is 0 Å². The topological polar surface area (TPSA) is 60.8 Å². The van der Waals surface area contributed by atoms with Gasteiger partial charge in [0.1, 0.15) is 5.60 Å². The molecule has 1 aromatic rings. The number of rotatable bonds is 8. The molecule has 0 aromatic heterocycles. The summed E-state index contributed by atoms with van der Waals surface area (Å²) >= 11 is 0. The Balaban J connectivity index is 1.54. The van der Waals surface area contributed by atoms with Gasteiger partial charge in [-0.2, -0.15) is 0 Å². The number of benzene rings is 1. The van der Waals surface area contributed by atoms with Gasteiger partial charge in [-0.3, -0.25) is 4.79 Å². The van der Waals surface area contributed by atoms with Crippen molar-refractivity contribution in [1.29, 1.82) is 0 Å². The lowest BCUT2D eigenvalue weighted by Crippen LogP contribution is -2.21. The Morgan fingerprint density at radius 1 is 1.24 bits per heavy atom. The fourth-order valence-electron chi connectivity index (χ4n) is 4.81. The van der Waals surface area contributed by atoms with Crippen molar-refractivity contribution in [2.24, 2.45) is 17.8 Å². The molecule has 4 heteroatoms. The molecule has 0 spiro atoms. The number of aliphatic hydroxyl groups is 2. The molecule has 3 rings (SSSR count). The van der Waals surface area contributed by atoms with Gasteiger partial charge in [0, 0.05) is 26.4 Å². The number of nitrogens with zero attached hydrogens (tertiary/aromatic N) is 1. The fourth-order valence-corrected chi connectivity index (χ4v) is 4.81. The Kier molecular flexibility index (Phi) is 6.97. The van der Waals surface area contributed by atoms with Crippen molar-refractivity contribution in [3.8, 4) is 0 Å². The second-order valence-corrected chi connectivity index (χ2v) is 9.11. The first-order valence-electron chi connectivity index (χ1n) is 10.8. The van der Waals surface area contributed by atoms with Gasteiger partial charge in [-0.25, -0.2) is 0 Å². The number of carbonyl (C=O) groups is 1. The summed E-state index contributed by atoms with van der Waals surface area (Å²) < 4.78 is 0. The molecule has 4 nitrogen and oxygen atoms in total. The minimum Gasteiger partial charge on any atom is -0.392 e. The number of aliphatic hydroxyl groups excluding tert-OH is 1. The van der Waals surface area contributed by atoms with Crippen LogP contribution in [0.2, 0.25) is 0 Å². The van der Waals surface area contributed by atoms with Gasteiger partial charge in [0.25, 0.3) is 0 Å². The van der Waals surface area contributed by atoms with E-state index in [2.05, 4.69) is 6.08 Å². The van der Waals surface area contributed by atoms with Crippen molar-refractivity contribution in [3.63, 3.8) is 0 Å². The fraction of sp³-hybridized carbons (Fsp3) is 0.560. The molecule has 0 unspecified atom stereocenters. The van der Waals surface area contributed by atoms with Crippen LogP contribution in [0.15, 0.2) is 54.1 Å². The van der Waals surface area contributed by atoms with Crippen LogP contribution in [0.5, 0.6) is 0 Å². The molecule has 2 aliphatic carbocycles. The van der Waals surface area contributed by atoms with Crippen molar-refractivity contribution < 1.29 is 15.0 Å². The van der Waals surface area contributed by atoms with E-state index in [0.29, 0.717) is 18.3 Å². The summed E-state index contributed by atoms with van der Waals surface area (Å²) in [6.45, 7) is 1.80. The molecular formula is C25H35NO3. The number of hydrogen-bond donors (Lipinski definition) is 2. The average Bonchev–Trinajstić information content (AvgIpc) is 3.20. The predicted molar refractivity (Wildman–Crippen MR) is 116 cm³/mol. The molecule has 0 saturated heterocycles. The van der Waals surface area contributed by atoms with E-state index in [1.165, 1.54) is 5.57 Å². The van der Waals surface area contributed by atoms with E-state index >= 15 is 0 Å². The van der Waals surface area contributed by atoms with Gasteiger partial charge in [-0.05, 0) is 56.4 Å². The molecule has 1 fully saturated rings. The van der Waals surface area contributed by atoms with Crippen molar-refractivity contribution in [2.45, 2.75) is 57.2 Å². The van der Waals surface area contributed by atoms with Crippen molar-refractivity contribution in [1.82, 2.24) is 4.90 Å². The third-order valence-corrected chi connectivity index (χ3v) is 6.59. The van der Waals surface area contributed by atoms with E-state index in [1.807, 2.05) is 42.5 Å². The summed E-state index contributed by atoms with van der Waals surface area (Å²) in [5.74, 6) is 1.13. The summed E-state index contributed by atoms with van der Waals surface area (Å²) in [5, 5.41) is 21.4. The van der Waals surface area contributed by atoms with Crippen LogP contribution < -0.4 is 0 Å². The second-order valence-electron chi connectivity index (χ2n) is 9.11. The lowest BCUT2D eigenvalue weighted by atomic mass is 9.86. The average molecular weight is 398 g/mol. The van der Waals surface area contributed by atoms with E-state index in [0.717, 1.165) is 37.7 Å². The van der Waals surface area contributed by atoms with Crippen LogP contribution >= 0.6 is 0 Å². The molecule has 1 amide bonds. The normalized spacial score (nSPS) is 28.2. The maximum atomic E-state index is 11.7.